The van der Waals surface area contributed by atoms with Crippen molar-refractivity contribution in [2.45, 2.75) is 20.1 Å². The number of nitrogens with two attached hydrogens (primary N) is 1. The number of H-pyrrole nitrogens is 1. The van der Waals surface area contributed by atoms with Gasteiger partial charge in [-0.1, -0.05) is 12.1 Å². The highest BCUT2D eigenvalue weighted by atomic mass is 31.2. The van der Waals surface area contributed by atoms with Crippen molar-refractivity contribution in [1.29, 1.82) is 5.26 Å². The van der Waals surface area contributed by atoms with Gasteiger partial charge >= 0.3 is 5.97 Å². The number of aromatic amines is 1. The molecule has 0 spiro atoms. The zero-order valence-corrected chi connectivity index (χ0v) is 18.9. The third-order valence-corrected chi connectivity index (χ3v) is 5.72. The van der Waals surface area contributed by atoms with E-state index < -0.39 is 13.9 Å². The van der Waals surface area contributed by atoms with E-state index in [1.807, 2.05) is 12.1 Å². The number of anilines is 1. The number of aromatic nitrogens is 4. The molecule has 0 saturated carbocycles. The second-order valence-electron chi connectivity index (χ2n) is 6.70. The predicted octanol–water partition coefficient (Wildman–Crippen LogP) is 1.23. The molecule has 0 amide bonds. The van der Waals surface area contributed by atoms with E-state index in [2.05, 4.69) is 26.1 Å². The molecule has 0 radical (unpaired) electrons. The van der Waals surface area contributed by atoms with Crippen molar-refractivity contribution in [3.05, 3.63) is 52.1 Å². The fourth-order valence-electron chi connectivity index (χ4n) is 2.77. The summed E-state index contributed by atoms with van der Waals surface area (Å²) in [5.41, 5.74) is 7.24. The summed E-state index contributed by atoms with van der Waals surface area (Å²) < 4.78 is 18.3. The molecule has 0 fully saturated rings. The summed E-state index contributed by atoms with van der Waals surface area (Å²) in [6, 6.07) is 9.11. The summed E-state index contributed by atoms with van der Waals surface area (Å²) in [6.45, 7) is 2.99. The van der Waals surface area contributed by atoms with Crippen LogP contribution < -0.4 is 16.4 Å². The average molecular weight is 473 g/mol. The van der Waals surface area contributed by atoms with E-state index >= 15 is 0 Å². The van der Waals surface area contributed by atoms with Gasteiger partial charge in [-0.25, -0.2) is 4.98 Å². The molecule has 3 rings (SSSR count). The number of fused-ring (bicyclic) bond motifs is 1. The number of hydrogen-bond donors (Lipinski definition) is 3. The lowest BCUT2D eigenvalue weighted by Crippen LogP contribution is -2.23. The second kappa shape index (κ2) is 12.0. The first-order valence-electron chi connectivity index (χ1n) is 10.1. The van der Waals surface area contributed by atoms with Crippen LogP contribution in [0.15, 0.2) is 35.4 Å². The van der Waals surface area contributed by atoms with Crippen LogP contribution in [0.3, 0.4) is 0 Å². The molecule has 12 nitrogen and oxygen atoms in total. The zero-order chi connectivity index (χ0) is 23.6. The van der Waals surface area contributed by atoms with Crippen LogP contribution >= 0.6 is 8.30 Å². The molecule has 2 aromatic heterocycles. The molecule has 4 N–H and O–H groups in total. The average Bonchev–Trinajstić information content (AvgIpc) is 3.21. The number of imidazole rings is 1. The number of nitriles is 1. The van der Waals surface area contributed by atoms with E-state index in [4.69, 9.17) is 25.0 Å². The van der Waals surface area contributed by atoms with E-state index in [0.717, 1.165) is 5.56 Å². The number of hydrogen-bond acceptors (Lipinski definition) is 10. The van der Waals surface area contributed by atoms with E-state index in [1.54, 1.807) is 23.6 Å². The first-order valence-corrected chi connectivity index (χ1v) is 11.5. The van der Waals surface area contributed by atoms with Crippen LogP contribution in [0.1, 0.15) is 18.1 Å². The summed E-state index contributed by atoms with van der Waals surface area (Å²) in [6.07, 6.45) is 1.72. The fraction of sp³-hybridized carbons (Fsp3) is 0.350. The van der Waals surface area contributed by atoms with Crippen LogP contribution in [0.25, 0.3) is 11.2 Å². The van der Waals surface area contributed by atoms with Crippen molar-refractivity contribution in [3.8, 4) is 6.07 Å². The monoisotopic (exact) mass is 473 g/mol. The van der Waals surface area contributed by atoms with Crippen molar-refractivity contribution in [2.75, 3.05) is 31.8 Å². The number of esters is 1. The molecule has 2 heterocycles. The molecule has 1 unspecified atom stereocenters. The van der Waals surface area contributed by atoms with Crippen molar-refractivity contribution in [1.82, 2.24) is 24.6 Å². The Labute approximate surface area is 190 Å². The van der Waals surface area contributed by atoms with Crippen LogP contribution in [0, 0.1) is 11.3 Å². The maximum atomic E-state index is 11.9. The highest BCUT2D eigenvalue weighted by Crippen LogP contribution is 2.33. The highest BCUT2D eigenvalue weighted by Gasteiger charge is 2.14. The zero-order valence-electron chi connectivity index (χ0n) is 18.0. The Morgan fingerprint density at radius 1 is 1.36 bits per heavy atom. The standard InChI is InChI=1S/C20H24N7O5P/c1-2-31-16(28)10-24-33(32-11-15-5-3-14(9-21)4-6-15)13-30-8-7-27-12-23-17-18(27)25-20(22)26-19(17)29/h3-6,12,24H,2,7-8,10-11,13H2,1H3,(H3,22,25,26,29). The third kappa shape index (κ3) is 7.06. The Morgan fingerprint density at radius 3 is 2.88 bits per heavy atom. The van der Waals surface area contributed by atoms with Gasteiger partial charge in [-0.3, -0.25) is 19.7 Å². The fourth-order valence-corrected chi connectivity index (χ4v) is 3.93. The Bertz CT molecular complexity index is 1170. The lowest BCUT2D eigenvalue weighted by atomic mass is 10.2. The van der Waals surface area contributed by atoms with E-state index in [0.29, 0.717) is 31.0 Å². The lowest BCUT2D eigenvalue weighted by molar-refractivity contribution is -0.141. The number of ether oxygens (including phenoxy) is 2. The maximum absolute atomic E-state index is 11.9. The summed E-state index contributed by atoms with van der Waals surface area (Å²) in [5.74, 6) is -0.371. The molecule has 33 heavy (non-hydrogen) atoms. The van der Waals surface area contributed by atoms with Gasteiger partial charge in [0.05, 0.1) is 44.3 Å². The Hall–Kier alpha value is -3.36. The van der Waals surface area contributed by atoms with Crippen molar-refractivity contribution in [2.24, 2.45) is 0 Å². The Morgan fingerprint density at radius 2 is 2.15 bits per heavy atom. The van der Waals surface area contributed by atoms with E-state index in [1.165, 1.54) is 6.33 Å². The number of carbonyl (C=O) groups is 1. The van der Waals surface area contributed by atoms with Crippen molar-refractivity contribution >= 4 is 31.4 Å². The number of carbonyl (C=O) groups excluding carboxylic acids is 1. The Kier molecular flexibility index (Phi) is 8.86. The number of benzene rings is 1. The molecule has 13 heteroatoms. The van der Waals surface area contributed by atoms with Gasteiger partial charge in [-0.2, -0.15) is 10.2 Å². The predicted molar refractivity (Wildman–Crippen MR) is 121 cm³/mol. The normalized spacial score (nSPS) is 11.9. The SMILES string of the molecule is CCOC(=O)CNP(COCCn1cnc2c(=O)[nH]c(N)nc21)OCc1ccc(C#N)cc1. The van der Waals surface area contributed by atoms with Gasteiger partial charge < -0.3 is 24.3 Å². The number of nitrogens with one attached hydrogen (secondary N) is 2. The molecule has 1 aromatic carbocycles. The molecular weight excluding hydrogens is 449 g/mol. The first kappa shape index (κ1) is 24.3. The summed E-state index contributed by atoms with van der Waals surface area (Å²) in [4.78, 5) is 34.1. The smallest absolute Gasteiger partial charge is 0.320 e. The van der Waals surface area contributed by atoms with Gasteiger partial charge in [0, 0.05) is 6.54 Å². The molecule has 0 aliphatic heterocycles. The number of nitrogen functional groups attached to an aromatic ring is 1. The van der Waals surface area contributed by atoms with Gasteiger partial charge in [0.25, 0.3) is 5.56 Å². The minimum absolute atomic E-state index is 0.00555. The van der Waals surface area contributed by atoms with E-state index in [9.17, 15) is 9.59 Å². The molecule has 3 aromatic rings. The Balaban J connectivity index is 1.54. The third-order valence-electron chi connectivity index (χ3n) is 4.35. The van der Waals surface area contributed by atoms with Gasteiger partial charge in [0.15, 0.2) is 11.2 Å². The van der Waals surface area contributed by atoms with Gasteiger partial charge in [0.2, 0.25) is 5.95 Å². The summed E-state index contributed by atoms with van der Waals surface area (Å²) in [7, 11) is -1.31. The molecule has 0 aliphatic rings. The van der Waals surface area contributed by atoms with E-state index in [-0.39, 0.29) is 36.9 Å². The minimum atomic E-state index is -1.31. The molecular formula is C20H24N7O5P. The van der Waals surface area contributed by atoms with Crippen LogP contribution in [-0.4, -0.2) is 51.6 Å². The summed E-state index contributed by atoms with van der Waals surface area (Å²) in [5, 5.41) is 11.9. The molecule has 0 saturated heterocycles. The topological polar surface area (TPSA) is 170 Å². The van der Waals surface area contributed by atoms with Crippen molar-refractivity contribution < 1.29 is 18.8 Å². The van der Waals surface area contributed by atoms with Gasteiger partial charge in [0.1, 0.15) is 14.6 Å². The van der Waals surface area contributed by atoms with Crippen LogP contribution in [-0.2, 0) is 31.9 Å². The maximum Gasteiger partial charge on any atom is 0.320 e. The van der Waals surface area contributed by atoms with Gasteiger partial charge in [-0.15, -0.1) is 0 Å². The lowest BCUT2D eigenvalue weighted by Gasteiger charge is -2.19. The minimum Gasteiger partial charge on any atom is -0.465 e. The second-order valence-corrected chi connectivity index (χ2v) is 8.29. The largest absolute Gasteiger partial charge is 0.465 e. The van der Waals surface area contributed by atoms with Crippen molar-refractivity contribution in [3.63, 3.8) is 0 Å². The highest BCUT2D eigenvalue weighted by molar-refractivity contribution is 7.50. The number of rotatable bonds is 12. The van der Waals surface area contributed by atoms with Crippen LogP contribution in [0.2, 0.25) is 0 Å². The van der Waals surface area contributed by atoms with Gasteiger partial charge in [-0.05, 0) is 24.6 Å². The molecule has 0 bridgehead atoms. The number of nitrogens with zero attached hydrogens (tertiary/aromatic N) is 4. The molecule has 0 aliphatic carbocycles. The van der Waals surface area contributed by atoms with Crippen LogP contribution in [0.5, 0.6) is 0 Å². The molecule has 1 atom stereocenters. The van der Waals surface area contributed by atoms with Crippen LogP contribution in [0.4, 0.5) is 5.95 Å². The molecule has 174 valence electrons. The summed E-state index contributed by atoms with van der Waals surface area (Å²) >= 11 is 0. The quantitative estimate of drug-likeness (QED) is 0.197. The first-order chi connectivity index (χ1) is 16.0.